The lowest BCUT2D eigenvalue weighted by Gasteiger charge is -2.28. The summed E-state index contributed by atoms with van der Waals surface area (Å²) >= 11 is 0. The summed E-state index contributed by atoms with van der Waals surface area (Å²) in [7, 11) is -2.11. The maximum atomic E-state index is 15.4. The predicted octanol–water partition coefficient (Wildman–Crippen LogP) is 9.33. The van der Waals surface area contributed by atoms with Crippen molar-refractivity contribution in [2.75, 3.05) is 11.2 Å². The Balaban J connectivity index is 1.42. The van der Waals surface area contributed by atoms with Crippen molar-refractivity contribution in [1.82, 2.24) is 14.5 Å². The zero-order valence-corrected chi connectivity index (χ0v) is 32.5. The number of hydrogen-bond acceptors (Lipinski definition) is 7. The second-order valence-corrected chi connectivity index (χ2v) is 17.1. The Kier molecular flexibility index (Phi) is 13.5. The summed E-state index contributed by atoms with van der Waals surface area (Å²) in [5.74, 6) is -2.71. The number of sulfone groups is 1. The van der Waals surface area contributed by atoms with E-state index >= 15 is 4.39 Å². The third kappa shape index (κ3) is 9.45. The number of hydrogen-bond donors (Lipinski definition) is 2. The molecule has 4 heterocycles. The van der Waals surface area contributed by atoms with E-state index < -0.39 is 32.7 Å². The fraction of sp³-hybridized carbons (Fsp3) is 0.512. The summed E-state index contributed by atoms with van der Waals surface area (Å²) < 4.78 is 58.2. The average Bonchev–Trinajstić information content (AvgIpc) is 3.48. The number of benzene rings is 1. The molecule has 0 radical (unpaired) electrons. The molecule has 0 spiro atoms. The molecule has 0 fully saturated rings. The molecular weight excluding hydrogens is 715 g/mol. The highest BCUT2D eigenvalue weighted by molar-refractivity contribution is 7.90. The second-order valence-electron chi connectivity index (χ2n) is 14.9. The highest BCUT2D eigenvalue weighted by Crippen LogP contribution is 2.47. The van der Waals surface area contributed by atoms with Crippen LogP contribution in [0.2, 0.25) is 0 Å². The number of pyridine rings is 2. The zero-order chi connectivity index (χ0) is 39.2. The van der Waals surface area contributed by atoms with Crippen LogP contribution < -0.4 is 10.5 Å². The van der Waals surface area contributed by atoms with Gasteiger partial charge in [0.1, 0.15) is 11.3 Å². The lowest BCUT2D eigenvalue weighted by atomic mass is 9.88. The topological polar surface area (TPSA) is 142 Å². The number of aromatic amines is 1. The van der Waals surface area contributed by atoms with Crippen molar-refractivity contribution in [2.24, 2.45) is 13.0 Å². The number of nitrogens with one attached hydrogen (secondary N) is 1. The number of aryl methyl sites for hydroxylation is 1. The number of aliphatic carboxylic acids is 1. The molecule has 0 saturated carbocycles. The lowest BCUT2D eigenvalue weighted by molar-refractivity contribution is -0.137. The Hall–Kier alpha value is -4.39. The molecule has 1 aromatic carbocycles. The number of ketones is 1. The van der Waals surface area contributed by atoms with E-state index in [9.17, 15) is 27.2 Å². The van der Waals surface area contributed by atoms with E-state index in [4.69, 9.17) is 5.11 Å². The maximum absolute atomic E-state index is 15.4. The maximum Gasteiger partial charge on any atom is 0.303 e. The molecule has 3 aromatic heterocycles. The minimum atomic E-state index is -3.73. The summed E-state index contributed by atoms with van der Waals surface area (Å²) in [6.45, 7) is 3.54. The van der Waals surface area contributed by atoms with E-state index in [0.29, 0.717) is 57.6 Å². The quantitative estimate of drug-likeness (QED) is 0.0670. The molecule has 2 unspecified atom stereocenters. The van der Waals surface area contributed by atoms with E-state index in [0.717, 1.165) is 82.9 Å². The minimum absolute atomic E-state index is 0.0433. The van der Waals surface area contributed by atoms with Crippen molar-refractivity contribution in [3.63, 3.8) is 0 Å². The van der Waals surface area contributed by atoms with Crippen LogP contribution in [0.1, 0.15) is 130 Å². The van der Waals surface area contributed by atoms with E-state index in [1.54, 1.807) is 36.5 Å². The van der Waals surface area contributed by atoms with Gasteiger partial charge in [-0.25, -0.2) is 22.2 Å². The number of aromatic nitrogens is 3. The molecule has 2 N–H and O–H groups in total. The Morgan fingerprint density at radius 2 is 1.63 bits per heavy atom. The summed E-state index contributed by atoms with van der Waals surface area (Å²) in [6, 6.07) is 4.04. The summed E-state index contributed by atoms with van der Waals surface area (Å²) in [4.78, 5) is 45.9. The van der Waals surface area contributed by atoms with Crippen molar-refractivity contribution in [3.8, 4) is 11.1 Å². The van der Waals surface area contributed by atoms with Crippen LogP contribution in [0, 0.1) is 17.6 Å². The van der Waals surface area contributed by atoms with Crippen LogP contribution in [0.25, 0.3) is 22.0 Å². The number of carboxylic acid groups (broad SMARTS) is 1. The van der Waals surface area contributed by atoms with Crippen LogP contribution in [0.15, 0.2) is 41.6 Å². The van der Waals surface area contributed by atoms with Gasteiger partial charge in [0.05, 0.1) is 23.7 Å². The van der Waals surface area contributed by atoms with Crippen LogP contribution in [0.4, 0.5) is 20.3 Å². The number of carboxylic acids is 1. The van der Waals surface area contributed by atoms with Gasteiger partial charge < -0.3 is 19.6 Å². The number of fused-ring (bicyclic) bond motifs is 2. The first-order chi connectivity index (χ1) is 25.7. The summed E-state index contributed by atoms with van der Waals surface area (Å²) in [5, 5.41) is 8.38. The minimum Gasteiger partial charge on any atom is -0.481 e. The van der Waals surface area contributed by atoms with Gasteiger partial charge in [0.15, 0.2) is 27.3 Å². The fourth-order valence-electron chi connectivity index (χ4n) is 7.91. The zero-order valence-electron chi connectivity index (χ0n) is 31.7. The fourth-order valence-corrected chi connectivity index (χ4v) is 9.14. The van der Waals surface area contributed by atoms with Crippen molar-refractivity contribution < 1.29 is 31.9 Å². The van der Waals surface area contributed by atoms with Crippen LogP contribution in [0.3, 0.4) is 0 Å². The lowest BCUT2D eigenvalue weighted by Crippen LogP contribution is -2.21. The molecule has 1 aliphatic heterocycles. The molecule has 10 nitrogen and oxygen atoms in total. The standard InChI is InChI=1S/C41H52F2N4O6S/c1-5-27(15-13-11-9-7-6-8-10-12-14-16-37(49)50)17-18-36(54(4,52)53)32-20-31-33-25-46(3)41(51)39-38(33)28(22-44-39)24-47(35(31)21-30(32)26(2)48)40-34(43)19-29(42)23-45-40/h19-23,25,27,36,44H,5-18,24H2,1-4H3,(H,49,50). The molecule has 5 rings (SSSR count). The van der Waals surface area contributed by atoms with Gasteiger partial charge in [-0.15, -0.1) is 0 Å². The molecular formula is C41H52F2N4O6S. The number of nitrogens with zero attached hydrogens (tertiary/aromatic N) is 3. The highest BCUT2D eigenvalue weighted by atomic mass is 32.2. The number of carbonyl (C=O) groups excluding carboxylic acids is 1. The van der Waals surface area contributed by atoms with Crippen LogP contribution in [-0.4, -0.2) is 46.1 Å². The van der Waals surface area contributed by atoms with E-state index in [1.165, 1.54) is 17.7 Å². The molecule has 0 bridgehead atoms. The molecule has 292 valence electrons. The van der Waals surface area contributed by atoms with Gasteiger partial charge in [-0.3, -0.25) is 14.4 Å². The summed E-state index contributed by atoms with van der Waals surface area (Å²) in [5.41, 5.74) is 2.76. The third-order valence-corrected chi connectivity index (χ3v) is 12.4. The SMILES string of the molecule is CCC(CCCCCCCCCCCC(=O)O)CCC(c1cc2c(cc1C(C)=O)N(c1ncc(F)cc1F)Cc1c[nH]c3c(=O)n(C)cc-2c13)S(C)(=O)=O. The Morgan fingerprint density at radius 3 is 2.24 bits per heavy atom. The van der Waals surface area contributed by atoms with Crippen LogP contribution in [-0.2, 0) is 28.2 Å². The van der Waals surface area contributed by atoms with Crippen molar-refractivity contribution in [3.05, 3.63) is 75.5 Å². The predicted molar refractivity (Wildman–Crippen MR) is 208 cm³/mol. The molecule has 54 heavy (non-hydrogen) atoms. The molecule has 0 saturated heterocycles. The first-order valence-corrected chi connectivity index (χ1v) is 21.0. The summed E-state index contributed by atoms with van der Waals surface area (Å²) in [6.07, 6.45) is 17.9. The number of unbranched alkanes of at least 4 members (excludes halogenated alkanes) is 8. The van der Waals surface area contributed by atoms with Crippen molar-refractivity contribution in [1.29, 1.82) is 0 Å². The number of Topliss-reactive ketones (excluding diaryl/α,β-unsaturated/α-hetero) is 1. The first-order valence-electron chi connectivity index (χ1n) is 19.1. The molecule has 4 aromatic rings. The number of halogens is 2. The molecule has 0 amide bonds. The third-order valence-electron chi connectivity index (χ3n) is 10.9. The van der Waals surface area contributed by atoms with Gasteiger partial charge in [0.25, 0.3) is 5.56 Å². The average molecular weight is 767 g/mol. The molecule has 0 aliphatic carbocycles. The monoisotopic (exact) mass is 766 g/mol. The number of carbonyl (C=O) groups is 2. The van der Waals surface area contributed by atoms with Crippen LogP contribution >= 0.6 is 0 Å². The molecule has 13 heteroatoms. The van der Waals surface area contributed by atoms with E-state index in [2.05, 4.69) is 16.9 Å². The Bertz CT molecular complexity index is 2160. The van der Waals surface area contributed by atoms with Crippen molar-refractivity contribution in [2.45, 2.75) is 116 Å². The van der Waals surface area contributed by atoms with Gasteiger partial charge >= 0.3 is 5.97 Å². The number of anilines is 2. The molecule has 1 aliphatic rings. The van der Waals surface area contributed by atoms with Crippen molar-refractivity contribution >= 4 is 44.0 Å². The number of rotatable bonds is 20. The smallest absolute Gasteiger partial charge is 0.303 e. The van der Waals surface area contributed by atoms with Gasteiger partial charge in [-0.05, 0) is 55.4 Å². The normalized spacial score (nSPS) is 13.9. The highest BCUT2D eigenvalue weighted by Gasteiger charge is 2.33. The van der Waals surface area contributed by atoms with Gasteiger partial charge in [-0.2, -0.15) is 0 Å². The molecule has 2 atom stereocenters. The van der Waals surface area contributed by atoms with Gasteiger partial charge in [0.2, 0.25) is 0 Å². The Labute approximate surface area is 315 Å². The van der Waals surface area contributed by atoms with E-state index in [-0.39, 0.29) is 35.7 Å². The first kappa shape index (κ1) is 40.8. The largest absolute Gasteiger partial charge is 0.481 e. The Morgan fingerprint density at radius 1 is 0.963 bits per heavy atom. The van der Waals surface area contributed by atoms with Gasteiger partial charge in [0, 0.05) is 60.3 Å². The van der Waals surface area contributed by atoms with E-state index in [1.807, 2.05) is 0 Å². The van der Waals surface area contributed by atoms with Gasteiger partial charge in [-0.1, -0.05) is 71.1 Å². The number of H-pyrrole nitrogens is 1. The van der Waals surface area contributed by atoms with Crippen LogP contribution in [0.5, 0.6) is 0 Å². The second kappa shape index (κ2) is 17.8.